The van der Waals surface area contributed by atoms with Crippen molar-refractivity contribution in [2.24, 2.45) is 0 Å². The third-order valence-corrected chi connectivity index (χ3v) is 4.70. The summed E-state index contributed by atoms with van der Waals surface area (Å²) in [4.78, 5) is 25.8. The number of para-hydroxylation sites is 2. The van der Waals surface area contributed by atoms with Gasteiger partial charge in [0, 0.05) is 19.0 Å². The molecule has 1 N–H and O–H groups in total. The molecule has 26 heavy (non-hydrogen) atoms. The van der Waals surface area contributed by atoms with E-state index in [0.717, 1.165) is 0 Å². The van der Waals surface area contributed by atoms with Crippen LogP contribution in [0, 0.1) is 0 Å². The summed E-state index contributed by atoms with van der Waals surface area (Å²) in [6.45, 7) is 2.21. The fourth-order valence-corrected chi connectivity index (χ4v) is 3.45. The fourth-order valence-electron chi connectivity index (χ4n) is 2.98. The topological polar surface area (TPSA) is 58.6 Å². The summed E-state index contributed by atoms with van der Waals surface area (Å²) in [5.41, 5.74) is 1.36. The minimum absolute atomic E-state index is 0.193. The number of nitrogens with one attached hydrogen (secondary N) is 1. The third-order valence-electron chi connectivity index (χ3n) is 4.08. The second-order valence-electron chi connectivity index (χ2n) is 5.93. The average Bonchev–Trinajstić information content (AvgIpc) is 2.86. The molecular weight excluding hydrogens is 375 g/mol. The quantitative estimate of drug-likeness (QED) is 0.756. The molecule has 1 aliphatic heterocycles. The highest BCUT2D eigenvalue weighted by molar-refractivity contribution is 6.35. The number of hydrogen-bond donors (Lipinski definition) is 1. The van der Waals surface area contributed by atoms with E-state index in [1.807, 2.05) is 12.1 Å². The van der Waals surface area contributed by atoms with Crippen molar-refractivity contribution in [3.8, 4) is 5.75 Å². The molecule has 0 saturated heterocycles. The zero-order chi connectivity index (χ0) is 18.7. The van der Waals surface area contributed by atoms with E-state index < -0.39 is 6.04 Å². The van der Waals surface area contributed by atoms with Crippen LogP contribution in [0.25, 0.3) is 0 Å². The van der Waals surface area contributed by atoms with Gasteiger partial charge in [-0.1, -0.05) is 47.5 Å². The number of carbonyl (C=O) groups excluding carboxylic acids is 2. The smallest absolute Gasteiger partial charge is 0.254 e. The fraction of sp³-hybridized carbons (Fsp3) is 0.263. The normalized spacial score (nSPS) is 15.7. The van der Waals surface area contributed by atoms with Gasteiger partial charge in [0.25, 0.3) is 5.91 Å². The number of carbonyl (C=O) groups is 2. The van der Waals surface area contributed by atoms with E-state index in [-0.39, 0.29) is 11.8 Å². The van der Waals surface area contributed by atoms with Crippen LogP contribution in [0.1, 0.15) is 24.9 Å². The van der Waals surface area contributed by atoms with Crippen LogP contribution in [-0.2, 0) is 9.59 Å². The number of benzene rings is 2. The molecule has 1 atom stereocenters. The van der Waals surface area contributed by atoms with Crippen LogP contribution in [0.3, 0.4) is 0 Å². The van der Waals surface area contributed by atoms with Crippen LogP contribution < -0.4 is 15.0 Å². The molecule has 3 rings (SSSR count). The Bertz CT molecular complexity index is 841. The van der Waals surface area contributed by atoms with Crippen molar-refractivity contribution in [3.05, 3.63) is 58.1 Å². The Morgan fingerprint density at radius 1 is 1.15 bits per heavy atom. The molecular formula is C19H18Cl2N2O3. The van der Waals surface area contributed by atoms with Crippen molar-refractivity contribution in [3.63, 3.8) is 0 Å². The first-order valence-electron chi connectivity index (χ1n) is 8.23. The first-order chi connectivity index (χ1) is 12.5. The number of rotatable bonds is 6. The van der Waals surface area contributed by atoms with E-state index in [1.165, 1.54) is 6.92 Å². The van der Waals surface area contributed by atoms with Crippen molar-refractivity contribution in [2.75, 3.05) is 18.1 Å². The van der Waals surface area contributed by atoms with Gasteiger partial charge in [0.1, 0.15) is 11.8 Å². The number of halogens is 2. The van der Waals surface area contributed by atoms with E-state index in [0.29, 0.717) is 46.6 Å². The van der Waals surface area contributed by atoms with Gasteiger partial charge in [-0.15, -0.1) is 0 Å². The Kier molecular flexibility index (Phi) is 5.69. The molecule has 0 unspecified atom stereocenters. The molecule has 7 heteroatoms. The van der Waals surface area contributed by atoms with Crippen LogP contribution in [0.4, 0.5) is 5.69 Å². The molecule has 5 nitrogen and oxygen atoms in total. The van der Waals surface area contributed by atoms with Gasteiger partial charge in [0.2, 0.25) is 5.91 Å². The third kappa shape index (κ3) is 3.79. The standard InChI is InChI=1S/C19H18Cl2N2O3/c1-12(24)22-17-13-6-4-8-15(21)18(13)23(19(17)25)10-5-11-26-16-9-3-2-7-14(16)20/h2-4,6-9,17H,5,10-11H2,1H3,(H,22,24)/t17-/m0/s1. The Hall–Kier alpha value is -2.24. The molecule has 0 radical (unpaired) electrons. The van der Waals surface area contributed by atoms with Gasteiger partial charge in [-0.25, -0.2) is 0 Å². The summed E-state index contributed by atoms with van der Waals surface area (Å²) in [7, 11) is 0. The van der Waals surface area contributed by atoms with Crippen molar-refractivity contribution < 1.29 is 14.3 Å². The largest absolute Gasteiger partial charge is 0.492 e. The van der Waals surface area contributed by atoms with Crippen LogP contribution in [-0.4, -0.2) is 25.0 Å². The molecule has 1 heterocycles. The summed E-state index contributed by atoms with van der Waals surface area (Å²) in [6, 6.07) is 11.8. The van der Waals surface area contributed by atoms with Crippen LogP contribution in [0.2, 0.25) is 10.0 Å². The molecule has 0 saturated carbocycles. The zero-order valence-corrected chi connectivity index (χ0v) is 15.7. The molecule has 2 aromatic rings. The molecule has 136 valence electrons. The van der Waals surface area contributed by atoms with Crippen molar-refractivity contribution in [2.45, 2.75) is 19.4 Å². The zero-order valence-electron chi connectivity index (χ0n) is 14.2. The summed E-state index contributed by atoms with van der Waals surface area (Å²) < 4.78 is 5.67. The lowest BCUT2D eigenvalue weighted by molar-refractivity contribution is -0.126. The average molecular weight is 393 g/mol. The summed E-state index contributed by atoms with van der Waals surface area (Å²) in [6.07, 6.45) is 0.592. The monoisotopic (exact) mass is 392 g/mol. The van der Waals surface area contributed by atoms with Crippen molar-refractivity contribution >= 4 is 40.7 Å². The van der Waals surface area contributed by atoms with Gasteiger partial charge in [0.05, 0.1) is 22.3 Å². The van der Waals surface area contributed by atoms with Crippen LogP contribution in [0.15, 0.2) is 42.5 Å². The lowest BCUT2D eigenvalue weighted by atomic mass is 10.1. The van der Waals surface area contributed by atoms with Crippen molar-refractivity contribution in [1.82, 2.24) is 5.32 Å². The minimum Gasteiger partial charge on any atom is -0.492 e. The van der Waals surface area contributed by atoms with Gasteiger partial charge in [-0.3, -0.25) is 9.59 Å². The first kappa shape index (κ1) is 18.5. The van der Waals surface area contributed by atoms with E-state index in [9.17, 15) is 9.59 Å². The maximum atomic E-state index is 12.8. The molecule has 0 fully saturated rings. The Balaban J connectivity index is 1.69. The van der Waals surface area contributed by atoms with E-state index in [2.05, 4.69) is 5.32 Å². The predicted octanol–water partition coefficient (Wildman–Crippen LogP) is 3.99. The molecule has 0 bridgehead atoms. The van der Waals surface area contributed by atoms with E-state index in [1.54, 1.807) is 35.2 Å². The molecule has 0 spiro atoms. The van der Waals surface area contributed by atoms with Gasteiger partial charge in [-0.05, 0) is 24.6 Å². The van der Waals surface area contributed by atoms with Crippen LogP contribution in [0.5, 0.6) is 5.75 Å². The maximum absolute atomic E-state index is 12.8. The van der Waals surface area contributed by atoms with E-state index >= 15 is 0 Å². The van der Waals surface area contributed by atoms with Gasteiger partial charge in [-0.2, -0.15) is 0 Å². The summed E-state index contributed by atoms with van der Waals surface area (Å²) in [5.74, 6) is 0.149. The number of amides is 2. The minimum atomic E-state index is -0.703. The summed E-state index contributed by atoms with van der Waals surface area (Å²) in [5, 5.41) is 3.72. The molecule has 0 aliphatic carbocycles. The van der Waals surface area contributed by atoms with Gasteiger partial charge >= 0.3 is 0 Å². The van der Waals surface area contributed by atoms with Crippen molar-refractivity contribution in [1.29, 1.82) is 0 Å². The Labute approximate surface area is 161 Å². The maximum Gasteiger partial charge on any atom is 0.254 e. The van der Waals surface area contributed by atoms with E-state index in [4.69, 9.17) is 27.9 Å². The molecule has 2 aromatic carbocycles. The number of nitrogens with zero attached hydrogens (tertiary/aromatic N) is 1. The first-order valence-corrected chi connectivity index (χ1v) is 8.99. The summed E-state index contributed by atoms with van der Waals surface area (Å²) >= 11 is 12.4. The Morgan fingerprint density at radius 3 is 2.62 bits per heavy atom. The number of ether oxygens (including phenoxy) is 1. The molecule has 1 aliphatic rings. The predicted molar refractivity (Wildman–Crippen MR) is 102 cm³/mol. The molecule has 0 aromatic heterocycles. The Morgan fingerprint density at radius 2 is 1.88 bits per heavy atom. The van der Waals surface area contributed by atoms with Gasteiger partial charge < -0.3 is 15.0 Å². The number of fused-ring (bicyclic) bond motifs is 1. The highest BCUT2D eigenvalue weighted by Gasteiger charge is 2.38. The molecule has 2 amide bonds. The second-order valence-corrected chi connectivity index (χ2v) is 6.75. The van der Waals surface area contributed by atoms with Crippen LogP contribution >= 0.6 is 23.2 Å². The number of hydrogen-bond acceptors (Lipinski definition) is 3. The highest BCUT2D eigenvalue weighted by Crippen LogP contribution is 2.41. The number of anilines is 1. The lowest BCUT2D eigenvalue weighted by Crippen LogP contribution is -2.37. The second kappa shape index (κ2) is 7.98. The SMILES string of the molecule is CC(=O)N[C@@H]1C(=O)N(CCCOc2ccccc2Cl)c2c(Cl)cccc21. The lowest BCUT2D eigenvalue weighted by Gasteiger charge is -2.19. The van der Waals surface area contributed by atoms with Gasteiger partial charge in [0.15, 0.2) is 0 Å². The highest BCUT2D eigenvalue weighted by atomic mass is 35.5.